The van der Waals surface area contributed by atoms with E-state index in [0.29, 0.717) is 0 Å². The van der Waals surface area contributed by atoms with Crippen LogP contribution in [0.15, 0.2) is 23.8 Å². The molecule has 1 nitrogen and oxygen atoms in total. The summed E-state index contributed by atoms with van der Waals surface area (Å²) in [5, 5.41) is 0. The minimum atomic E-state index is 0.142. The Labute approximate surface area is 75.2 Å². The molecule has 68 valence electrons. The molecule has 0 bridgehead atoms. The van der Waals surface area contributed by atoms with Gasteiger partial charge >= 0.3 is 0 Å². The Morgan fingerprint density at radius 3 is 2.25 bits per heavy atom. The summed E-state index contributed by atoms with van der Waals surface area (Å²) in [6.45, 7) is 9.44. The highest BCUT2D eigenvalue weighted by Crippen LogP contribution is 2.09. The third-order valence-corrected chi connectivity index (χ3v) is 1.62. The first-order valence-corrected chi connectivity index (χ1v) is 4.34. The molecule has 0 radical (unpaired) electrons. The fraction of sp³-hybridized carbons (Fsp3) is 0.545. The van der Waals surface area contributed by atoms with Crippen LogP contribution in [0.1, 0.15) is 40.0 Å². The second kappa shape index (κ2) is 5.76. The zero-order valence-corrected chi connectivity index (χ0v) is 8.31. The molecule has 0 spiro atoms. The van der Waals surface area contributed by atoms with Crippen molar-refractivity contribution < 1.29 is 4.79 Å². The van der Waals surface area contributed by atoms with Gasteiger partial charge in [0.05, 0.1) is 0 Å². The Morgan fingerprint density at radius 2 is 1.83 bits per heavy atom. The van der Waals surface area contributed by atoms with Gasteiger partial charge in [-0.15, -0.1) is 6.58 Å². The minimum absolute atomic E-state index is 0.142. The molecule has 1 heteroatoms. The van der Waals surface area contributed by atoms with Crippen LogP contribution in [0, 0.1) is 0 Å². The van der Waals surface area contributed by atoms with Gasteiger partial charge in [0.2, 0.25) is 0 Å². The summed E-state index contributed by atoms with van der Waals surface area (Å²) in [6.07, 6.45) is 4.87. The molecule has 0 fully saturated rings. The van der Waals surface area contributed by atoms with Crippen molar-refractivity contribution in [2.24, 2.45) is 0 Å². The summed E-state index contributed by atoms with van der Waals surface area (Å²) in [4.78, 5) is 10.7. The lowest BCUT2D eigenvalue weighted by atomic mass is 10.1. The van der Waals surface area contributed by atoms with Crippen molar-refractivity contribution in [1.29, 1.82) is 0 Å². The molecule has 0 aromatic rings. The smallest absolute Gasteiger partial charge is 0.152 e. The van der Waals surface area contributed by atoms with Crippen LogP contribution in [-0.4, -0.2) is 5.78 Å². The maximum Gasteiger partial charge on any atom is 0.152 e. The van der Waals surface area contributed by atoms with Gasteiger partial charge in [0, 0.05) is 0 Å². The van der Waals surface area contributed by atoms with Gasteiger partial charge in [-0.2, -0.15) is 0 Å². The van der Waals surface area contributed by atoms with E-state index < -0.39 is 0 Å². The lowest BCUT2D eigenvalue weighted by molar-refractivity contribution is -0.112. The van der Waals surface area contributed by atoms with Gasteiger partial charge in [-0.1, -0.05) is 11.1 Å². The monoisotopic (exact) mass is 166 g/mol. The Bertz CT molecular complexity index is 199. The molecule has 12 heavy (non-hydrogen) atoms. The SMILES string of the molecule is C=C(C)CCCC(C)=CC(C)=O. The molecule has 0 heterocycles. The highest BCUT2D eigenvalue weighted by Gasteiger charge is 1.93. The Morgan fingerprint density at radius 1 is 1.25 bits per heavy atom. The molecule has 0 unspecified atom stereocenters. The summed E-state index contributed by atoms with van der Waals surface area (Å²) in [5.74, 6) is 0.142. The van der Waals surface area contributed by atoms with Gasteiger partial charge in [0.25, 0.3) is 0 Å². The van der Waals surface area contributed by atoms with Crippen molar-refractivity contribution >= 4 is 5.78 Å². The van der Waals surface area contributed by atoms with Crippen LogP contribution in [0.25, 0.3) is 0 Å². The van der Waals surface area contributed by atoms with Crippen LogP contribution in [-0.2, 0) is 4.79 Å². The van der Waals surface area contributed by atoms with E-state index in [0.717, 1.165) is 19.3 Å². The van der Waals surface area contributed by atoms with E-state index in [2.05, 4.69) is 6.58 Å². The third kappa shape index (κ3) is 7.26. The minimum Gasteiger partial charge on any atom is -0.295 e. The molecule has 0 rings (SSSR count). The third-order valence-electron chi connectivity index (χ3n) is 1.62. The van der Waals surface area contributed by atoms with E-state index in [1.807, 2.05) is 13.8 Å². The second-order valence-corrected chi connectivity index (χ2v) is 3.41. The zero-order chi connectivity index (χ0) is 9.56. The summed E-state index contributed by atoms with van der Waals surface area (Å²) in [7, 11) is 0. The summed E-state index contributed by atoms with van der Waals surface area (Å²) >= 11 is 0. The lowest BCUT2D eigenvalue weighted by Crippen LogP contribution is -1.86. The highest BCUT2D eigenvalue weighted by atomic mass is 16.1. The van der Waals surface area contributed by atoms with Gasteiger partial charge in [0.1, 0.15) is 0 Å². The normalized spacial score (nSPS) is 11.4. The van der Waals surface area contributed by atoms with Crippen molar-refractivity contribution in [2.75, 3.05) is 0 Å². The van der Waals surface area contributed by atoms with Crippen LogP contribution in [0.3, 0.4) is 0 Å². The van der Waals surface area contributed by atoms with Gasteiger partial charge in [-0.25, -0.2) is 0 Å². The number of carbonyl (C=O) groups excluding carboxylic acids is 1. The average Bonchev–Trinajstić information content (AvgIpc) is 1.84. The number of hydrogen-bond donors (Lipinski definition) is 0. The first-order valence-electron chi connectivity index (χ1n) is 4.34. The number of allylic oxidation sites excluding steroid dienone is 3. The number of ketones is 1. The molecule has 0 saturated carbocycles. The predicted molar refractivity (Wildman–Crippen MR) is 53.1 cm³/mol. The van der Waals surface area contributed by atoms with Gasteiger partial charge in [0.15, 0.2) is 5.78 Å². The van der Waals surface area contributed by atoms with Gasteiger partial charge in [-0.3, -0.25) is 4.79 Å². The van der Waals surface area contributed by atoms with E-state index in [4.69, 9.17) is 0 Å². The molecule has 0 aliphatic heterocycles. The maximum absolute atomic E-state index is 10.7. The van der Waals surface area contributed by atoms with Crippen molar-refractivity contribution in [3.8, 4) is 0 Å². The maximum atomic E-state index is 10.7. The Kier molecular flexibility index (Phi) is 5.35. The molecule has 0 amide bonds. The van der Waals surface area contributed by atoms with Crippen LogP contribution >= 0.6 is 0 Å². The van der Waals surface area contributed by atoms with Crippen molar-refractivity contribution in [1.82, 2.24) is 0 Å². The van der Waals surface area contributed by atoms with E-state index >= 15 is 0 Å². The molecule has 0 aliphatic rings. The van der Waals surface area contributed by atoms with Gasteiger partial charge < -0.3 is 0 Å². The molecule has 0 aromatic carbocycles. The second-order valence-electron chi connectivity index (χ2n) is 3.41. The van der Waals surface area contributed by atoms with E-state index in [9.17, 15) is 4.79 Å². The van der Waals surface area contributed by atoms with E-state index in [1.54, 1.807) is 13.0 Å². The summed E-state index contributed by atoms with van der Waals surface area (Å²) < 4.78 is 0. The number of rotatable bonds is 5. The largest absolute Gasteiger partial charge is 0.295 e. The van der Waals surface area contributed by atoms with Gasteiger partial charge in [-0.05, 0) is 46.1 Å². The van der Waals surface area contributed by atoms with Crippen LogP contribution in [0.5, 0.6) is 0 Å². The topological polar surface area (TPSA) is 17.1 Å². The van der Waals surface area contributed by atoms with E-state index in [1.165, 1.54) is 11.1 Å². The number of carbonyl (C=O) groups is 1. The summed E-state index contributed by atoms with van der Waals surface area (Å²) in [5.41, 5.74) is 2.38. The predicted octanol–water partition coefficient (Wildman–Crippen LogP) is 3.27. The Balaban J connectivity index is 3.64. The quantitative estimate of drug-likeness (QED) is 0.452. The van der Waals surface area contributed by atoms with E-state index in [-0.39, 0.29) is 5.78 Å². The Hall–Kier alpha value is -0.850. The fourth-order valence-corrected chi connectivity index (χ4v) is 1.09. The molecular weight excluding hydrogens is 148 g/mol. The molecule has 0 atom stereocenters. The van der Waals surface area contributed by atoms with Crippen LogP contribution < -0.4 is 0 Å². The first-order chi connectivity index (χ1) is 5.52. The molecule has 0 saturated heterocycles. The molecule has 0 aromatic heterocycles. The molecular formula is C11H18O. The fourth-order valence-electron chi connectivity index (χ4n) is 1.09. The molecule has 0 aliphatic carbocycles. The number of hydrogen-bond acceptors (Lipinski definition) is 1. The van der Waals surface area contributed by atoms with Crippen LogP contribution in [0.2, 0.25) is 0 Å². The average molecular weight is 166 g/mol. The van der Waals surface area contributed by atoms with Crippen LogP contribution in [0.4, 0.5) is 0 Å². The van der Waals surface area contributed by atoms with Crippen molar-refractivity contribution in [3.63, 3.8) is 0 Å². The highest BCUT2D eigenvalue weighted by molar-refractivity contribution is 5.87. The standard InChI is InChI=1S/C11H18O/c1-9(2)6-5-7-10(3)8-11(4)12/h8H,1,5-7H2,2-4H3. The molecule has 0 N–H and O–H groups in total. The summed E-state index contributed by atoms with van der Waals surface area (Å²) in [6, 6.07) is 0. The van der Waals surface area contributed by atoms with Crippen molar-refractivity contribution in [3.05, 3.63) is 23.8 Å². The lowest BCUT2D eigenvalue weighted by Gasteiger charge is -1.99. The zero-order valence-electron chi connectivity index (χ0n) is 8.31. The van der Waals surface area contributed by atoms with Crippen molar-refractivity contribution in [2.45, 2.75) is 40.0 Å². The first kappa shape index (κ1) is 11.2.